The third-order valence-corrected chi connectivity index (χ3v) is 2.59. The number of amides is 2. The normalized spacial score (nSPS) is 12.1. The number of hydrogen-bond acceptors (Lipinski definition) is 2. The molecule has 4 heteroatoms. The average Bonchev–Trinajstić information content (AvgIpc) is 2.16. The van der Waals surface area contributed by atoms with Gasteiger partial charge in [0.2, 0.25) is 0 Å². The number of rotatable bonds is 3. The van der Waals surface area contributed by atoms with E-state index in [1.54, 1.807) is 24.3 Å². The molecule has 2 amide bonds. The third kappa shape index (κ3) is 6.13. The van der Waals surface area contributed by atoms with Crippen LogP contribution in [0.3, 0.4) is 0 Å². The summed E-state index contributed by atoms with van der Waals surface area (Å²) in [7, 11) is 0. The van der Waals surface area contributed by atoms with Crippen molar-refractivity contribution in [2.45, 2.75) is 46.6 Å². The van der Waals surface area contributed by atoms with Gasteiger partial charge in [-0.3, -0.25) is 0 Å². The van der Waals surface area contributed by atoms with Crippen LogP contribution < -0.4 is 16.4 Å². The van der Waals surface area contributed by atoms with Crippen LogP contribution in [0.1, 0.15) is 41.0 Å². The average molecular weight is 263 g/mol. The number of anilines is 2. The fourth-order valence-corrected chi connectivity index (χ4v) is 2.41. The zero-order valence-corrected chi connectivity index (χ0v) is 12.5. The topological polar surface area (TPSA) is 67.2 Å². The van der Waals surface area contributed by atoms with Crippen molar-refractivity contribution in [1.82, 2.24) is 5.32 Å². The molecule has 0 fully saturated rings. The summed E-state index contributed by atoms with van der Waals surface area (Å²) in [6.07, 6.45) is 0.898. The highest BCUT2D eigenvalue weighted by Crippen LogP contribution is 2.26. The lowest BCUT2D eigenvalue weighted by atomic mass is 9.82. The van der Waals surface area contributed by atoms with Crippen LogP contribution in [0.15, 0.2) is 24.3 Å². The molecule has 0 bridgehead atoms. The summed E-state index contributed by atoms with van der Waals surface area (Å²) in [5.41, 5.74) is 6.93. The molecule has 4 N–H and O–H groups in total. The van der Waals surface area contributed by atoms with Crippen molar-refractivity contribution >= 4 is 17.4 Å². The summed E-state index contributed by atoms with van der Waals surface area (Å²) in [5, 5.41) is 5.80. The second-order valence-corrected chi connectivity index (χ2v) is 6.82. The molecule has 0 aliphatic heterocycles. The predicted molar refractivity (Wildman–Crippen MR) is 81.2 cm³/mol. The molecule has 0 aromatic heterocycles. The quantitative estimate of drug-likeness (QED) is 0.729. The summed E-state index contributed by atoms with van der Waals surface area (Å²) in [4.78, 5) is 11.9. The first kappa shape index (κ1) is 15.3. The van der Waals surface area contributed by atoms with E-state index in [2.05, 4.69) is 31.4 Å². The Morgan fingerprint density at radius 3 is 2.11 bits per heavy atom. The number of nitrogens with two attached hydrogens (primary N) is 1. The van der Waals surface area contributed by atoms with Crippen molar-refractivity contribution in [2.75, 3.05) is 11.1 Å². The van der Waals surface area contributed by atoms with Crippen LogP contribution in [0.5, 0.6) is 0 Å². The fraction of sp³-hybridized carbons (Fsp3) is 0.533. The van der Waals surface area contributed by atoms with Crippen LogP contribution in [0.4, 0.5) is 16.2 Å². The van der Waals surface area contributed by atoms with Gasteiger partial charge in [-0.1, -0.05) is 20.8 Å². The van der Waals surface area contributed by atoms with E-state index in [4.69, 9.17) is 5.73 Å². The Bertz CT molecular complexity index is 430. The molecule has 19 heavy (non-hydrogen) atoms. The maximum Gasteiger partial charge on any atom is 0.319 e. The highest BCUT2D eigenvalue weighted by Gasteiger charge is 2.26. The molecule has 1 rings (SSSR count). The number of hydrogen-bond donors (Lipinski definition) is 3. The number of benzene rings is 1. The fourth-order valence-electron chi connectivity index (χ4n) is 2.41. The van der Waals surface area contributed by atoms with Crippen molar-refractivity contribution in [1.29, 1.82) is 0 Å². The molecule has 0 spiro atoms. The van der Waals surface area contributed by atoms with Crippen LogP contribution in [-0.4, -0.2) is 11.6 Å². The van der Waals surface area contributed by atoms with Gasteiger partial charge >= 0.3 is 6.03 Å². The van der Waals surface area contributed by atoms with Gasteiger partial charge in [-0.05, 0) is 49.9 Å². The first-order chi connectivity index (χ1) is 8.57. The van der Waals surface area contributed by atoms with E-state index >= 15 is 0 Å². The molecule has 1 aromatic rings. The van der Waals surface area contributed by atoms with Crippen molar-refractivity contribution in [2.24, 2.45) is 5.41 Å². The molecule has 106 valence electrons. The standard InChI is InChI=1S/C15H25N3O/c1-14(2,3)10-15(4,5)18-13(19)17-12-8-6-11(16)7-9-12/h6-9H,10,16H2,1-5H3,(H2,17,18,19). The summed E-state index contributed by atoms with van der Waals surface area (Å²) in [5.74, 6) is 0. The molecular weight excluding hydrogens is 238 g/mol. The van der Waals surface area contributed by atoms with Crippen molar-refractivity contribution in [3.63, 3.8) is 0 Å². The van der Waals surface area contributed by atoms with Gasteiger partial charge in [0.1, 0.15) is 0 Å². The molecular formula is C15H25N3O. The molecule has 0 heterocycles. The van der Waals surface area contributed by atoms with Crippen molar-refractivity contribution < 1.29 is 4.79 Å². The first-order valence-corrected chi connectivity index (χ1v) is 6.52. The van der Waals surface area contributed by atoms with Crippen LogP contribution in [0.2, 0.25) is 0 Å². The van der Waals surface area contributed by atoms with Crippen molar-refractivity contribution in [3.05, 3.63) is 24.3 Å². The minimum absolute atomic E-state index is 0.165. The van der Waals surface area contributed by atoms with Crippen molar-refractivity contribution in [3.8, 4) is 0 Å². The Morgan fingerprint density at radius 2 is 1.63 bits per heavy atom. The largest absolute Gasteiger partial charge is 0.399 e. The number of nitrogen functional groups attached to an aromatic ring is 1. The Balaban J connectivity index is 2.57. The monoisotopic (exact) mass is 263 g/mol. The molecule has 0 atom stereocenters. The summed E-state index contributed by atoms with van der Waals surface area (Å²) >= 11 is 0. The van der Waals surface area contributed by atoms with E-state index < -0.39 is 0 Å². The minimum Gasteiger partial charge on any atom is -0.399 e. The van der Waals surface area contributed by atoms with Gasteiger partial charge in [0.05, 0.1) is 0 Å². The van der Waals surface area contributed by atoms with E-state index in [1.165, 1.54) is 0 Å². The SMILES string of the molecule is CC(C)(C)CC(C)(C)NC(=O)Nc1ccc(N)cc1. The van der Waals surface area contributed by atoms with Gasteiger partial charge in [0.25, 0.3) is 0 Å². The maximum absolute atomic E-state index is 11.9. The van der Waals surface area contributed by atoms with E-state index in [9.17, 15) is 4.79 Å². The van der Waals surface area contributed by atoms with Gasteiger partial charge in [-0.2, -0.15) is 0 Å². The zero-order chi connectivity index (χ0) is 14.7. The molecule has 1 aromatic carbocycles. The lowest BCUT2D eigenvalue weighted by Crippen LogP contribution is -2.47. The smallest absolute Gasteiger partial charge is 0.319 e. The molecule has 0 radical (unpaired) electrons. The third-order valence-electron chi connectivity index (χ3n) is 2.59. The molecule has 0 aliphatic carbocycles. The molecule has 0 saturated heterocycles. The summed E-state index contributed by atoms with van der Waals surface area (Å²) in [6.45, 7) is 10.5. The van der Waals surface area contributed by atoms with Gasteiger partial charge in [0, 0.05) is 16.9 Å². The van der Waals surface area contributed by atoms with Crippen LogP contribution in [0.25, 0.3) is 0 Å². The van der Waals surface area contributed by atoms with Crippen LogP contribution in [0, 0.1) is 5.41 Å². The minimum atomic E-state index is -0.254. The summed E-state index contributed by atoms with van der Waals surface area (Å²) < 4.78 is 0. The number of carbonyl (C=O) groups excluding carboxylic acids is 1. The second kappa shape index (κ2) is 5.51. The van der Waals surface area contributed by atoms with Crippen LogP contribution in [-0.2, 0) is 0 Å². The van der Waals surface area contributed by atoms with Gasteiger partial charge in [0.15, 0.2) is 0 Å². The van der Waals surface area contributed by atoms with E-state index in [1.807, 2.05) is 13.8 Å². The van der Waals surface area contributed by atoms with Crippen LogP contribution >= 0.6 is 0 Å². The molecule has 4 nitrogen and oxygen atoms in total. The Hall–Kier alpha value is -1.71. The van der Waals surface area contributed by atoms with E-state index in [-0.39, 0.29) is 17.0 Å². The first-order valence-electron chi connectivity index (χ1n) is 6.52. The van der Waals surface area contributed by atoms with E-state index in [0.717, 1.165) is 12.1 Å². The Labute approximate surface area is 115 Å². The summed E-state index contributed by atoms with van der Waals surface area (Å²) in [6, 6.07) is 6.89. The van der Waals surface area contributed by atoms with E-state index in [0.29, 0.717) is 5.69 Å². The van der Waals surface area contributed by atoms with Gasteiger partial charge in [-0.25, -0.2) is 4.79 Å². The second-order valence-electron chi connectivity index (χ2n) is 6.82. The highest BCUT2D eigenvalue weighted by atomic mass is 16.2. The number of nitrogens with one attached hydrogen (secondary N) is 2. The lowest BCUT2D eigenvalue weighted by Gasteiger charge is -2.33. The van der Waals surface area contributed by atoms with Gasteiger partial charge in [-0.15, -0.1) is 0 Å². The Kier molecular flexibility index (Phi) is 4.45. The Morgan fingerprint density at radius 1 is 1.11 bits per heavy atom. The molecule has 0 saturated carbocycles. The predicted octanol–water partition coefficient (Wildman–Crippen LogP) is 3.61. The molecule has 0 aliphatic rings. The maximum atomic E-state index is 11.9. The zero-order valence-electron chi connectivity index (χ0n) is 12.5. The molecule has 0 unspecified atom stereocenters. The van der Waals surface area contributed by atoms with Gasteiger partial charge < -0.3 is 16.4 Å². The number of urea groups is 1. The highest BCUT2D eigenvalue weighted by molar-refractivity contribution is 5.89. The lowest BCUT2D eigenvalue weighted by molar-refractivity contribution is 0.220. The number of carbonyl (C=O) groups is 1.